The van der Waals surface area contributed by atoms with Crippen molar-refractivity contribution in [3.63, 3.8) is 0 Å². The van der Waals surface area contributed by atoms with Crippen LogP contribution in [0.25, 0.3) is 33.5 Å². The van der Waals surface area contributed by atoms with Gasteiger partial charge in [-0.05, 0) is 56.4 Å². The largest absolute Gasteiger partial charge is 0.373 e. The number of rotatable bonds is 6. The van der Waals surface area contributed by atoms with E-state index in [2.05, 4.69) is 57.9 Å². The second-order valence-corrected chi connectivity index (χ2v) is 8.49. The Labute approximate surface area is 186 Å². The zero-order chi connectivity index (χ0) is 22.2. The SMILES string of the molecule is CCN(CC)C[C@@H]1CN(c2ccc3nc(-c4n[nH]c5cc(F)ccc45)[nH]c3c2)[C@H](C)CO1. The Bertz CT molecular complexity index is 1230. The van der Waals surface area contributed by atoms with Crippen molar-refractivity contribution >= 4 is 27.6 Å². The number of halogens is 1. The summed E-state index contributed by atoms with van der Waals surface area (Å²) in [7, 11) is 0. The molecule has 168 valence electrons. The second-order valence-electron chi connectivity index (χ2n) is 8.49. The summed E-state index contributed by atoms with van der Waals surface area (Å²) in [6.07, 6.45) is 0.190. The number of aromatic amines is 2. The van der Waals surface area contributed by atoms with E-state index in [1.54, 1.807) is 6.07 Å². The highest BCUT2D eigenvalue weighted by Crippen LogP contribution is 2.29. The molecule has 7 nitrogen and oxygen atoms in total. The lowest BCUT2D eigenvalue weighted by molar-refractivity contribution is 0.00265. The molecule has 0 amide bonds. The summed E-state index contributed by atoms with van der Waals surface area (Å²) in [6, 6.07) is 11.2. The summed E-state index contributed by atoms with van der Waals surface area (Å²) >= 11 is 0. The molecule has 3 heterocycles. The summed E-state index contributed by atoms with van der Waals surface area (Å²) in [5.41, 5.74) is 4.33. The molecule has 8 heteroatoms. The number of hydrogen-bond donors (Lipinski definition) is 2. The number of nitrogens with zero attached hydrogens (tertiary/aromatic N) is 4. The Balaban J connectivity index is 1.43. The molecule has 5 rings (SSSR count). The van der Waals surface area contributed by atoms with E-state index in [0.717, 1.165) is 48.3 Å². The number of hydrogen-bond acceptors (Lipinski definition) is 5. The van der Waals surface area contributed by atoms with Gasteiger partial charge >= 0.3 is 0 Å². The second kappa shape index (κ2) is 8.52. The first-order valence-corrected chi connectivity index (χ1v) is 11.3. The molecule has 0 radical (unpaired) electrons. The van der Waals surface area contributed by atoms with Gasteiger partial charge in [0.1, 0.15) is 11.5 Å². The van der Waals surface area contributed by atoms with Crippen molar-refractivity contribution in [1.29, 1.82) is 0 Å². The zero-order valence-corrected chi connectivity index (χ0v) is 18.7. The van der Waals surface area contributed by atoms with Crippen LogP contribution < -0.4 is 4.90 Å². The molecule has 2 N–H and O–H groups in total. The predicted molar refractivity (Wildman–Crippen MR) is 125 cm³/mol. The number of aromatic nitrogens is 4. The van der Waals surface area contributed by atoms with Gasteiger partial charge in [0.2, 0.25) is 0 Å². The van der Waals surface area contributed by atoms with Crippen LogP contribution >= 0.6 is 0 Å². The molecule has 0 aliphatic carbocycles. The Hall–Kier alpha value is -2.97. The van der Waals surface area contributed by atoms with Gasteiger partial charge < -0.3 is 19.5 Å². The maximum absolute atomic E-state index is 13.5. The molecule has 2 aromatic carbocycles. The van der Waals surface area contributed by atoms with Crippen LogP contribution in [0.1, 0.15) is 20.8 Å². The Kier molecular flexibility index (Phi) is 5.57. The van der Waals surface area contributed by atoms with Gasteiger partial charge in [-0.3, -0.25) is 5.10 Å². The molecule has 1 aliphatic rings. The van der Waals surface area contributed by atoms with Gasteiger partial charge in [-0.2, -0.15) is 5.10 Å². The molecule has 0 spiro atoms. The van der Waals surface area contributed by atoms with Crippen LogP contribution in [0.4, 0.5) is 10.1 Å². The average molecular weight is 437 g/mol. The number of anilines is 1. The van der Waals surface area contributed by atoms with E-state index in [-0.39, 0.29) is 11.9 Å². The minimum atomic E-state index is -0.291. The quantitative estimate of drug-likeness (QED) is 0.474. The number of benzene rings is 2. The molecule has 0 unspecified atom stereocenters. The number of morpholine rings is 1. The van der Waals surface area contributed by atoms with Gasteiger partial charge in [0.15, 0.2) is 5.82 Å². The van der Waals surface area contributed by atoms with Crippen LogP contribution in [0.5, 0.6) is 0 Å². The third-order valence-electron chi connectivity index (χ3n) is 6.41. The normalized spacial score (nSPS) is 19.5. The summed E-state index contributed by atoms with van der Waals surface area (Å²) in [4.78, 5) is 13.0. The third kappa shape index (κ3) is 3.84. The molecular formula is C24H29FN6O. The van der Waals surface area contributed by atoms with Crippen LogP contribution in [0.2, 0.25) is 0 Å². The lowest BCUT2D eigenvalue weighted by Gasteiger charge is -2.41. The van der Waals surface area contributed by atoms with Gasteiger partial charge in [-0.25, -0.2) is 9.37 Å². The first-order valence-electron chi connectivity index (χ1n) is 11.3. The van der Waals surface area contributed by atoms with Crippen LogP contribution in [0, 0.1) is 5.82 Å². The number of fused-ring (bicyclic) bond motifs is 2. The number of imidazole rings is 1. The third-order valence-corrected chi connectivity index (χ3v) is 6.41. The highest BCUT2D eigenvalue weighted by Gasteiger charge is 2.27. The van der Waals surface area contributed by atoms with Crippen molar-refractivity contribution in [2.24, 2.45) is 0 Å². The molecule has 2 aromatic heterocycles. The maximum Gasteiger partial charge on any atom is 0.159 e. The fourth-order valence-corrected chi connectivity index (χ4v) is 4.52. The Morgan fingerprint density at radius 3 is 2.81 bits per heavy atom. The lowest BCUT2D eigenvalue weighted by atomic mass is 10.1. The molecule has 1 aliphatic heterocycles. The average Bonchev–Trinajstić information content (AvgIpc) is 3.41. The highest BCUT2D eigenvalue weighted by atomic mass is 19.1. The van der Waals surface area contributed by atoms with E-state index in [4.69, 9.17) is 9.72 Å². The monoisotopic (exact) mass is 436 g/mol. The van der Waals surface area contributed by atoms with Crippen LogP contribution in [-0.2, 0) is 4.74 Å². The smallest absolute Gasteiger partial charge is 0.159 e. The fourth-order valence-electron chi connectivity index (χ4n) is 4.52. The minimum absolute atomic E-state index is 0.190. The van der Waals surface area contributed by atoms with Gasteiger partial charge in [-0.15, -0.1) is 0 Å². The van der Waals surface area contributed by atoms with Gasteiger partial charge in [0.05, 0.1) is 29.3 Å². The summed E-state index contributed by atoms with van der Waals surface area (Å²) in [5, 5.41) is 8.10. The van der Waals surface area contributed by atoms with Crippen LogP contribution in [0.3, 0.4) is 0 Å². The van der Waals surface area contributed by atoms with E-state index >= 15 is 0 Å². The van der Waals surface area contributed by atoms with E-state index in [1.165, 1.54) is 12.1 Å². The molecule has 1 saturated heterocycles. The number of ether oxygens (including phenoxy) is 1. The highest BCUT2D eigenvalue weighted by molar-refractivity contribution is 5.93. The van der Waals surface area contributed by atoms with Crippen molar-refractivity contribution < 1.29 is 9.13 Å². The molecule has 32 heavy (non-hydrogen) atoms. The van der Waals surface area contributed by atoms with Crippen molar-refractivity contribution in [2.75, 3.05) is 37.7 Å². The number of nitrogens with one attached hydrogen (secondary N) is 2. The molecule has 2 atom stereocenters. The molecule has 4 aromatic rings. The minimum Gasteiger partial charge on any atom is -0.373 e. The maximum atomic E-state index is 13.5. The molecular weight excluding hydrogens is 407 g/mol. The molecule has 0 bridgehead atoms. The number of likely N-dealkylation sites (N-methyl/N-ethyl adjacent to an activating group) is 1. The Morgan fingerprint density at radius 1 is 1.16 bits per heavy atom. The number of H-pyrrole nitrogens is 2. The fraction of sp³-hybridized carbons (Fsp3) is 0.417. The first kappa shape index (κ1) is 20.9. The van der Waals surface area contributed by atoms with Gasteiger partial charge in [0, 0.05) is 30.2 Å². The summed E-state index contributed by atoms with van der Waals surface area (Å²) in [5.74, 6) is 0.380. The predicted octanol–water partition coefficient (Wildman–Crippen LogP) is 4.18. The standard InChI is InChI=1S/C24H29FN6O/c1-4-30(5-2)12-18-13-31(15(3)14-32-18)17-7-9-20-22(11-17)27-24(26-20)23-19-8-6-16(25)10-21(19)28-29-23/h6-11,15,18H,4-5,12-14H2,1-3H3,(H,26,27)(H,28,29)/t15-,18-/m1/s1. The van der Waals surface area contributed by atoms with E-state index < -0.39 is 0 Å². The van der Waals surface area contributed by atoms with Crippen molar-refractivity contribution in [3.05, 3.63) is 42.2 Å². The van der Waals surface area contributed by atoms with Gasteiger partial charge in [-0.1, -0.05) is 13.8 Å². The van der Waals surface area contributed by atoms with E-state index in [1.807, 2.05) is 6.07 Å². The van der Waals surface area contributed by atoms with Crippen LogP contribution in [0.15, 0.2) is 36.4 Å². The van der Waals surface area contributed by atoms with E-state index in [0.29, 0.717) is 29.7 Å². The van der Waals surface area contributed by atoms with Gasteiger partial charge in [0.25, 0.3) is 0 Å². The molecule has 1 fully saturated rings. The summed E-state index contributed by atoms with van der Waals surface area (Å²) < 4.78 is 19.6. The Morgan fingerprint density at radius 2 is 2.00 bits per heavy atom. The van der Waals surface area contributed by atoms with Crippen molar-refractivity contribution in [3.8, 4) is 11.5 Å². The summed E-state index contributed by atoms with van der Waals surface area (Å²) in [6.45, 7) is 11.2. The topological polar surface area (TPSA) is 73.1 Å². The zero-order valence-electron chi connectivity index (χ0n) is 18.7. The van der Waals surface area contributed by atoms with Crippen LogP contribution in [-0.4, -0.2) is 70.0 Å². The van der Waals surface area contributed by atoms with Crippen molar-refractivity contribution in [1.82, 2.24) is 25.1 Å². The lowest BCUT2D eigenvalue weighted by Crippen LogP contribution is -2.52. The van der Waals surface area contributed by atoms with E-state index in [9.17, 15) is 4.39 Å². The first-order chi connectivity index (χ1) is 15.6. The molecule has 0 saturated carbocycles. The van der Waals surface area contributed by atoms with Crippen molar-refractivity contribution in [2.45, 2.75) is 32.9 Å².